The minimum Gasteiger partial charge on any atom is -0.333 e. The van der Waals surface area contributed by atoms with Crippen molar-refractivity contribution in [2.45, 2.75) is 25.7 Å². The number of likely N-dealkylation sites (N-methyl/N-ethyl adjacent to an activating group) is 1. The molecule has 2 aliphatic heterocycles. The Morgan fingerprint density at radius 3 is 2.46 bits per heavy atom. The summed E-state index contributed by atoms with van der Waals surface area (Å²) in [5.74, 6) is 0. The second kappa shape index (κ2) is 4.25. The highest BCUT2D eigenvalue weighted by atomic mass is 15.2. The van der Waals surface area contributed by atoms with Gasteiger partial charge in [-0.3, -0.25) is 0 Å². The molecule has 0 bridgehead atoms. The summed E-state index contributed by atoms with van der Waals surface area (Å²) in [6.45, 7) is 5.38. The Kier molecular flexibility index (Phi) is 3.01. The lowest BCUT2D eigenvalue weighted by atomic mass is 10.1. The van der Waals surface area contributed by atoms with Crippen molar-refractivity contribution in [3.05, 3.63) is 11.8 Å². The number of likely N-dealkylation sites (tertiary alicyclic amines) is 1. The Labute approximate surface area is 81.2 Å². The molecule has 2 heteroatoms. The maximum absolute atomic E-state index is 2.49. The molecule has 1 unspecified atom stereocenters. The summed E-state index contributed by atoms with van der Waals surface area (Å²) >= 11 is 0. The molecule has 1 atom stereocenters. The van der Waals surface area contributed by atoms with Crippen LogP contribution in [-0.4, -0.2) is 33.2 Å². The standard InChI is InChI=1S/C11H20N2/c1-12-9-5-11(6-10-12)13-7-3-2-4-8-13/h5H,2-4,6-10H2,1H3/p+2. The number of hydrogen-bond donors (Lipinski definition) is 2. The van der Waals surface area contributed by atoms with Crippen molar-refractivity contribution >= 4 is 0 Å². The van der Waals surface area contributed by atoms with Gasteiger partial charge in [0.25, 0.3) is 0 Å². The van der Waals surface area contributed by atoms with Crippen molar-refractivity contribution in [1.29, 1.82) is 0 Å². The van der Waals surface area contributed by atoms with E-state index in [1.54, 1.807) is 15.5 Å². The van der Waals surface area contributed by atoms with E-state index in [-0.39, 0.29) is 0 Å². The van der Waals surface area contributed by atoms with Gasteiger partial charge in [-0.1, -0.05) is 0 Å². The van der Waals surface area contributed by atoms with Crippen molar-refractivity contribution in [3.63, 3.8) is 0 Å². The summed E-state index contributed by atoms with van der Waals surface area (Å²) in [5, 5.41) is 0. The normalized spacial score (nSPS) is 31.5. The first-order chi connectivity index (χ1) is 6.36. The predicted molar refractivity (Wildman–Crippen MR) is 53.9 cm³/mol. The summed E-state index contributed by atoms with van der Waals surface area (Å²) in [6, 6.07) is 0. The topological polar surface area (TPSA) is 8.88 Å². The fourth-order valence-corrected chi connectivity index (χ4v) is 2.47. The third-order valence-corrected chi connectivity index (χ3v) is 3.43. The van der Waals surface area contributed by atoms with Gasteiger partial charge in [-0.25, -0.2) is 0 Å². The largest absolute Gasteiger partial charge is 0.333 e. The molecule has 2 heterocycles. The zero-order valence-electron chi connectivity index (χ0n) is 8.73. The number of piperidine rings is 1. The van der Waals surface area contributed by atoms with Gasteiger partial charge in [0.1, 0.15) is 12.2 Å². The van der Waals surface area contributed by atoms with Crippen molar-refractivity contribution in [2.24, 2.45) is 0 Å². The van der Waals surface area contributed by atoms with Gasteiger partial charge >= 0.3 is 0 Å². The van der Waals surface area contributed by atoms with E-state index < -0.39 is 0 Å². The lowest BCUT2D eigenvalue weighted by molar-refractivity contribution is -0.897. The molecule has 0 saturated carbocycles. The second-order valence-electron chi connectivity index (χ2n) is 4.55. The fourth-order valence-electron chi connectivity index (χ4n) is 2.47. The van der Waals surface area contributed by atoms with Gasteiger partial charge in [-0.2, -0.15) is 0 Å². The van der Waals surface area contributed by atoms with E-state index >= 15 is 0 Å². The molecule has 2 aliphatic rings. The van der Waals surface area contributed by atoms with Crippen LogP contribution in [0.3, 0.4) is 0 Å². The van der Waals surface area contributed by atoms with E-state index in [2.05, 4.69) is 13.1 Å². The molecule has 2 rings (SSSR count). The molecule has 74 valence electrons. The lowest BCUT2D eigenvalue weighted by Gasteiger charge is -2.28. The monoisotopic (exact) mass is 182 g/mol. The molecular formula is C11H22N2+2. The molecule has 1 saturated heterocycles. The average Bonchev–Trinajstić information content (AvgIpc) is 2.20. The number of hydrogen-bond acceptors (Lipinski definition) is 0. The third kappa shape index (κ3) is 2.32. The van der Waals surface area contributed by atoms with Crippen LogP contribution < -0.4 is 9.80 Å². The average molecular weight is 182 g/mol. The van der Waals surface area contributed by atoms with Crippen LogP contribution in [0, 0.1) is 0 Å². The number of nitrogens with one attached hydrogen (secondary N) is 2. The Morgan fingerprint density at radius 1 is 1.08 bits per heavy atom. The molecule has 13 heavy (non-hydrogen) atoms. The second-order valence-corrected chi connectivity index (χ2v) is 4.55. The predicted octanol–water partition coefficient (Wildman–Crippen LogP) is -1.14. The summed E-state index contributed by atoms with van der Waals surface area (Å²) in [5.41, 5.74) is 1.71. The van der Waals surface area contributed by atoms with Crippen molar-refractivity contribution in [2.75, 3.05) is 33.2 Å². The molecule has 0 spiro atoms. The molecule has 2 N–H and O–H groups in total. The lowest BCUT2D eigenvalue weighted by Crippen LogP contribution is -3.14. The van der Waals surface area contributed by atoms with Crippen LogP contribution >= 0.6 is 0 Å². The Morgan fingerprint density at radius 2 is 1.85 bits per heavy atom. The van der Waals surface area contributed by atoms with Gasteiger partial charge < -0.3 is 9.80 Å². The van der Waals surface area contributed by atoms with E-state index in [0.29, 0.717) is 0 Å². The van der Waals surface area contributed by atoms with Crippen molar-refractivity contribution < 1.29 is 9.80 Å². The van der Waals surface area contributed by atoms with Crippen molar-refractivity contribution in [1.82, 2.24) is 0 Å². The Hall–Kier alpha value is -0.340. The van der Waals surface area contributed by atoms with Gasteiger partial charge in [0.15, 0.2) is 0 Å². The van der Waals surface area contributed by atoms with E-state index in [1.165, 1.54) is 51.9 Å². The molecule has 0 aromatic rings. The van der Waals surface area contributed by atoms with Gasteiger partial charge in [0.05, 0.1) is 33.1 Å². The molecule has 0 aromatic carbocycles. The molecule has 0 aromatic heterocycles. The van der Waals surface area contributed by atoms with Crippen LogP contribution in [0.4, 0.5) is 0 Å². The van der Waals surface area contributed by atoms with E-state index in [9.17, 15) is 0 Å². The molecular weight excluding hydrogens is 160 g/mol. The first-order valence-electron chi connectivity index (χ1n) is 5.71. The summed E-state index contributed by atoms with van der Waals surface area (Å²) in [4.78, 5) is 3.46. The highest BCUT2D eigenvalue weighted by molar-refractivity contribution is 4.93. The summed E-state index contributed by atoms with van der Waals surface area (Å²) in [7, 11) is 2.29. The van der Waals surface area contributed by atoms with Crippen LogP contribution in [0.25, 0.3) is 0 Å². The first-order valence-corrected chi connectivity index (χ1v) is 5.71. The van der Waals surface area contributed by atoms with Gasteiger partial charge in [-0.05, 0) is 19.3 Å². The fraction of sp³-hybridized carbons (Fsp3) is 0.818. The molecule has 2 nitrogen and oxygen atoms in total. The Bertz CT molecular complexity index is 192. The van der Waals surface area contributed by atoms with E-state index in [0.717, 1.165) is 0 Å². The van der Waals surface area contributed by atoms with Crippen LogP contribution in [0.15, 0.2) is 11.8 Å². The number of quaternary nitrogens is 2. The molecule has 1 fully saturated rings. The third-order valence-electron chi connectivity index (χ3n) is 3.43. The van der Waals surface area contributed by atoms with Crippen LogP contribution in [0.1, 0.15) is 25.7 Å². The summed E-state index contributed by atoms with van der Waals surface area (Å²) in [6.07, 6.45) is 8.16. The molecule has 0 aliphatic carbocycles. The Balaban J connectivity index is 1.92. The highest BCUT2D eigenvalue weighted by Crippen LogP contribution is 2.00. The zero-order chi connectivity index (χ0) is 9.10. The summed E-state index contributed by atoms with van der Waals surface area (Å²) < 4.78 is 0. The maximum atomic E-state index is 2.49. The minimum absolute atomic E-state index is 1.25. The smallest absolute Gasteiger partial charge is 0.114 e. The molecule has 0 amide bonds. The van der Waals surface area contributed by atoms with E-state index in [4.69, 9.17) is 0 Å². The zero-order valence-corrected chi connectivity index (χ0v) is 8.73. The number of rotatable bonds is 1. The first kappa shape index (κ1) is 9.22. The highest BCUT2D eigenvalue weighted by Gasteiger charge is 2.22. The molecule has 0 radical (unpaired) electrons. The van der Waals surface area contributed by atoms with Crippen LogP contribution in [0.5, 0.6) is 0 Å². The maximum Gasteiger partial charge on any atom is 0.114 e. The van der Waals surface area contributed by atoms with Crippen molar-refractivity contribution in [3.8, 4) is 0 Å². The van der Waals surface area contributed by atoms with Crippen LogP contribution in [-0.2, 0) is 0 Å². The van der Waals surface area contributed by atoms with Gasteiger partial charge in [0.2, 0.25) is 0 Å². The van der Waals surface area contributed by atoms with Gasteiger partial charge in [0, 0.05) is 6.08 Å². The van der Waals surface area contributed by atoms with Gasteiger partial charge in [-0.15, -0.1) is 0 Å². The van der Waals surface area contributed by atoms with E-state index in [1.807, 2.05) is 0 Å². The SMILES string of the molecule is C[NH+]1CC=C([NH+]2CCCCC2)CC1. The quantitative estimate of drug-likeness (QED) is 0.507. The minimum atomic E-state index is 1.25. The van der Waals surface area contributed by atoms with Crippen LogP contribution in [0.2, 0.25) is 0 Å².